The molecule has 0 spiro atoms. The van der Waals surface area contributed by atoms with Crippen LogP contribution >= 0.6 is 39.1 Å². The van der Waals surface area contributed by atoms with Gasteiger partial charge in [-0.1, -0.05) is 64.5 Å². The van der Waals surface area contributed by atoms with Crippen LogP contribution in [0.4, 0.5) is 5.69 Å². The van der Waals surface area contributed by atoms with E-state index in [1.54, 1.807) is 24.3 Å². The zero-order valence-corrected chi connectivity index (χ0v) is 25.1. The van der Waals surface area contributed by atoms with Gasteiger partial charge in [-0.15, -0.1) is 23.2 Å². The number of hydrogen-bond donors (Lipinski definition) is 1. The van der Waals surface area contributed by atoms with Crippen LogP contribution in [0.25, 0.3) is 0 Å². The van der Waals surface area contributed by atoms with Crippen molar-refractivity contribution >= 4 is 62.5 Å². The number of halogens is 3. The molecular weight excluding hydrogens is 639 g/mol. The summed E-state index contributed by atoms with van der Waals surface area (Å²) in [5.74, 6) is -1.60. The first-order valence-corrected chi connectivity index (χ1v) is 15.0. The molecule has 4 aliphatic rings. The van der Waals surface area contributed by atoms with Crippen LogP contribution in [0.5, 0.6) is 11.5 Å². The summed E-state index contributed by atoms with van der Waals surface area (Å²) in [4.78, 5) is 39.4. The highest BCUT2D eigenvalue weighted by atomic mass is 79.9. The minimum Gasteiger partial charge on any atom is -0.457 e. The van der Waals surface area contributed by atoms with Gasteiger partial charge in [0.25, 0.3) is 0 Å². The number of benzene rings is 4. The number of nitrogens with one attached hydrogen (secondary N) is 1. The molecule has 4 aromatic carbocycles. The standard InChI is InChI=1S/C33H23BrCl2N2O4/c34-19-9-13-21(14-10-19)42-22-15-11-20(12-16-22)37-27(39)17-18-38-30(40)28-29(31(38)41)33(36)24-6-2-1-5-23(24)32(28,35)25-7-3-4-8-26(25)33/h1-16,28-29H,17-18H2,(H,37,39)/t28-,29+,32?,33?. The molecule has 9 heteroatoms. The molecule has 3 amide bonds. The van der Waals surface area contributed by atoms with Crippen molar-refractivity contribution in [1.29, 1.82) is 0 Å². The fourth-order valence-electron chi connectivity index (χ4n) is 6.63. The lowest BCUT2D eigenvalue weighted by Gasteiger charge is -2.54. The lowest BCUT2D eigenvalue weighted by Crippen LogP contribution is -2.57. The van der Waals surface area contributed by atoms with E-state index in [-0.39, 0.29) is 18.9 Å². The molecular formula is C33H23BrCl2N2O4. The molecule has 42 heavy (non-hydrogen) atoms. The highest BCUT2D eigenvalue weighted by Gasteiger charge is 2.72. The lowest BCUT2D eigenvalue weighted by molar-refractivity contribution is -0.140. The van der Waals surface area contributed by atoms with Crippen molar-refractivity contribution in [2.75, 3.05) is 11.9 Å². The summed E-state index contributed by atoms with van der Waals surface area (Å²) in [5, 5.41) is 2.83. The fourth-order valence-corrected chi connectivity index (χ4v) is 7.99. The number of carbonyl (C=O) groups excluding carboxylic acids is 3. The predicted octanol–water partition coefficient (Wildman–Crippen LogP) is 7.16. The van der Waals surface area contributed by atoms with Gasteiger partial charge in [-0.2, -0.15) is 0 Å². The Labute approximate surface area is 260 Å². The fraction of sp³-hybridized carbons (Fsp3) is 0.182. The maximum absolute atomic E-state index is 13.9. The van der Waals surface area contributed by atoms with Gasteiger partial charge < -0.3 is 10.1 Å². The number of anilines is 1. The second-order valence-corrected chi connectivity index (χ2v) is 12.8. The number of imide groups is 1. The minimum atomic E-state index is -1.24. The Hall–Kier alpha value is -3.65. The van der Waals surface area contributed by atoms with Crippen molar-refractivity contribution < 1.29 is 19.1 Å². The van der Waals surface area contributed by atoms with E-state index >= 15 is 0 Å². The van der Waals surface area contributed by atoms with Crippen molar-refractivity contribution in [1.82, 2.24) is 4.90 Å². The van der Waals surface area contributed by atoms with E-state index in [1.165, 1.54) is 0 Å². The van der Waals surface area contributed by atoms with Gasteiger partial charge in [0.1, 0.15) is 21.2 Å². The molecule has 1 aliphatic heterocycles. The second kappa shape index (κ2) is 9.97. The molecule has 0 saturated carbocycles. The molecule has 0 aromatic heterocycles. The van der Waals surface area contributed by atoms with Gasteiger partial charge in [-0.05, 0) is 70.8 Å². The van der Waals surface area contributed by atoms with Crippen molar-refractivity contribution in [3.63, 3.8) is 0 Å². The summed E-state index contributed by atoms with van der Waals surface area (Å²) in [7, 11) is 0. The quantitative estimate of drug-likeness (QED) is 0.176. The van der Waals surface area contributed by atoms with Crippen molar-refractivity contribution in [2.24, 2.45) is 11.8 Å². The second-order valence-electron chi connectivity index (χ2n) is 10.7. The predicted molar refractivity (Wildman–Crippen MR) is 164 cm³/mol. The first kappa shape index (κ1) is 27.2. The Bertz CT molecular complexity index is 1640. The number of likely N-dealkylation sites (tertiary alicyclic amines) is 1. The molecule has 4 aromatic rings. The van der Waals surface area contributed by atoms with Gasteiger partial charge in [-0.25, -0.2) is 0 Å². The SMILES string of the molecule is O=C(CCN1C(=O)[C@@H]2[C@H](C1=O)C1(Cl)c3ccccc3C2(Cl)c2ccccc21)Nc1ccc(Oc2ccc(Br)cc2)cc1. The summed E-state index contributed by atoms with van der Waals surface area (Å²) < 4.78 is 6.78. The molecule has 1 fully saturated rings. The summed E-state index contributed by atoms with van der Waals surface area (Å²) >= 11 is 18.3. The van der Waals surface area contributed by atoms with Crippen LogP contribution in [0.15, 0.2) is 102 Å². The molecule has 2 bridgehead atoms. The number of nitrogens with zero attached hydrogens (tertiary/aromatic N) is 1. The van der Waals surface area contributed by atoms with Gasteiger partial charge >= 0.3 is 0 Å². The van der Waals surface area contributed by atoms with Crippen molar-refractivity contribution in [3.8, 4) is 11.5 Å². The first-order valence-electron chi connectivity index (χ1n) is 13.5. The zero-order chi connectivity index (χ0) is 29.2. The average Bonchev–Trinajstić information content (AvgIpc) is 3.27. The third kappa shape index (κ3) is 3.94. The maximum Gasteiger partial charge on any atom is 0.235 e. The summed E-state index contributed by atoms with van der Waals surface area (Å²) in [5.41, 5.74) is 3.55. The third-order valence-corrected chi connectivity index (χ3v) is 10.2. The van der Waals surface area contributed by atoms with Crippen LogP contribution in [0.1, 0.15) is 28.7 Å². The van der Waals surface area contributed by atoms with Crippen LogP contribution in [-0.4, -0.2) is 29.2 Å². The van der Waals surface area contributed by atoms with Crippen LogP contribution in [0.3, 0.4) is 0 Å². The van der Waals surface area contributed by atoms with E-state index in [0.29, 0.717) is 17.2 Å². The van der Waals surface area contributed by atoms with E-state index in [4.69, 9.17) is 27.9 Å². The Balaban J connectivity index is 1.08. The number of alkyl halides is 2. The number of ether oxygens (including phenoxy) is 1. The molecule has 2 atom stereocenters. The van der Waals surface area contributed by atoms with Crippen LogP contribution in [0, 0.1) is 11.8 Å². The third-order valence-electron chi connectivity index (χ3n) is 8.43. The van der Waals surface area contributed by atoms with E-state index in [1.807, 2.05) is 72.8 Å². The Morgan fingerprint density at radius 3 is 1.62 bits per heavy atom. The van der Waals surface area contributed by atoms with Gasteiger partial charge in [0.15, 0.2) is 0 Å². The number of hydrogen-bond acceptors (Lipinski definition) is 4. The minimum absolute atomic E-state index is 0.0709. The molecule has 0 radical (unpaired) electrons. The maximum atomic E-state index is 13.9. The number of rotatable bonds is 6. The van der Waals surface area contributed by atoms with E-state index in [0.717, 1.165) is 31.6 Å². The lowest BCUT2D eigenvalue weighted by atomic mass is 9.54. The Morgan fingerprint density at radius 2 is 1.17 bits per heavy atom. The van der Waals surface area contributed by atoms with E-state index in [2.05, 4.69) is 21.2 Å². The Morgan fingerprint density at radius 1 is 0.738 bits per heavy atom. The largest absolute Gasteiger partial charge is 0.457 e. The molecule has 6 nitrogen and oxygen atoms in total. The summed E-state index contributed by atoms with van der Waals surface area (Å²) in [6, 6.07) is 29.4. The number of amides is 3. The van der Waals surface area contributed by atoms with Crippen LogP contribution in [-0.2, 0) is 24.1 Å². The summed E-state index contributed by atoms with van der Waals surface area (Å²) in [6.07, 6.45) is -0.0709. The van der Waals surface area contributed by atoms with E-state index < -0.39 is 33.4 Å². The van der Waals surface area contributed by atoms with Gasteiger partial charge in [-0.3, -0.25) is 19.3 Å². The molecule has 8 rings (SSSR count). The highest BCUT2D eigenvalue weighted by molar-refractivity contribution is 9.10. The van der Waals surface area contributed by atoms with Gasteiger partial charge in [0.2, 0.25) is 17.7 Å². The van der Waals surface area contributed by atoms with Crippen LogP contribution in [0.2, 0.25) is 0 Å². The average molecular weight is 662 g/mol. The van der Waals surface area contributed by atoms with Gasteiger partial charge in [0, 0.05) is 23.1 Å². The number of carbonyl (C=O) groups is 3. The molecule has 0 unspecified atom stereocenters. The molecule has 3 aliphatic carbocycles. The van der Waals surface area contributed by atoms with Crippen LogP contribution < -0.4 is 10.1 Å². The summed E-state index contributed by atoms with van der Waals surface area (Å²) in [6.45, 7) is -0.0755. The highest BCUT2D eigenvalue weighted by Crippen LogP contribution is 2.69. The van der Waals surface area contributed by atoms with Gasteiger partial charge in [0.05, 0.1) is 11.8 Å². The molecule has 210 valence electrons. The molecule has 1 heterocycles. The van der Waals surface area contributed by atoms with E-state index in [9.17, 15) is 14.4 Å². The van der Waals surface area contributed by atoms with Crippen molar-refractivity contribution in [2.45, 2.75) is 16.2 Å². The topological polar surface area (TPSA) is 75.7 Å². The Kier molecular flexibility index (Phi) is 6.46. The normalized spacial score (nSPS) is 25.1. The monoisotopic (exact) mass is 660 g/mol. The molecule has 1 saturated heterocycles. The van der Waals surface area contributed by atoms with Crippen molar-refractivity contribution in [3.05, 3.63) is 124 Å². The smallest absolute Gasteiger partial charge is 0.235 e. The molecule has 1 N–H and O–H groups in total. The zero-order valence-electron chi connectivity index (χ0n) is 22.0. The first-order chi connectivity index (χ1) is 20.2.